The van der Waals surface area contributed by atoms with Crippen molar-refractivity contribution in [2.24, 2.45) is 0 Å². The number of carbonyl (C=O) groups excluding carboxylic acids is 2. The molecule has 1 aromatic rings. The molecular weight excluding hydrogens is 318 g/mol. The molecule has 2 amide bonds. The number of likely N-dealkylation sites (tertiary alicyclic amines) is 2. The van der Waals surface area contributed by atoms with Gasteiger partial charge in [-0.15, -0.1) is 0 Å². The van der Waals surface area contributed by atoms with Crippen LogP contribution in [0.15, 0.2) is 30.3 Å². The third-order valence-corrected chi connectivity index (χ3v) is 5.47. The van der Waals surface area contributed by atoms with Gasteiger partial charge in [0.05, 0.1) is 18.7 Å². The van der Waals surface area contributed by atoms with Crippen molar-refractivity contribution >= 4 is 11.8 Å². The Morgan fingerprint density at radius 1 is 1.12 bits per heavy atom. The van der Waals surface area contributed by atoms with Gasteiger partial charge in [0.2, 0.25) is 11.8 Å². The van der Waals surface area contributed by atoms with Crippen molar-refractivity contribution in [3.8, 4) is 0 Å². The predicted molar refractivity (Wildman–Crippen MR) is 92.8 cm³/mol. The maximum Gasteiger partial charge on any atom is 0.249 e. The molecule has 0 radical (unpaired) electrons. The van der Waals surface area contributed by atoms with Gasteiger partial charge < -0.3 is 14.5 Å². The van der Waals surface area contributed by atoms with Crippen LogP contribution in [0.3, 0.4) is 0 Å². The van der Waals surface area contributed by atoms with E-state index in [4.69, 9.17) is 4.74 Å². The maximum atomic E-state index is 12.4. The summed E-state index contributed by atoms with van der Waals surface area (Å²) in [6.45, 7) is 4.39. The number of carbonyl (C=O) groups is 2. The molecule has 0 spiro atoms. The molecule has 0 unspecified atom stereocenters. The number of morpholine rings is 1. The van der Waals surface area contributed by atoms with Crippen LogP contribution in [0, 0.1) is 0 Å². The van der Waals surface area contributed by atoms with Crippen molar-refractivity contribution in [3.63, 3.8) is 0 Å². The summed E-state index contributed by atoms with van der Waals surface area (Å²) in [7, 11) is 0. The Hall–Kier alpha value is -1.92. The summed E-state index contributed by atoms with van der Waals surface area (Å²) < 4.78 is 5.76. The van der Waals surface area contributed by atoms with Gasteiger partial charge >= 0.3 is 0 Å². The fourth-order valence-electron chi connectivity index (χ4n) is 4.11. The summed E-state index contributed by atoms with van der Waals surface area (Å²) in [6, 6.07) is 10.1. The lowest BCUT2D eigenvalue weighted by Crippen LogP contribution is -2.53. The number of fused-ring (bicyclic) bond motifs is 1. The first-order valence-electron chi connectivity index (χ1n) is 9.16. The summed E-state index contributed by atoms with van der Waals surface area (Å²) >= 11 is 0. The lowest BCUT2D eigenvalue weighted by atomic mass is 10.1. The van der Waals surface area contributed by atoms with Crippen LogP contribution in [0.4, 0.5) is 0 Å². The molecule has 134 valence electrons. The monoisotopic (exact) mass is 343 g/mol. The Bertz CT molecular complexity index is 630. The minimum atomic E-state index is 0.00721. The maximum absolute atomic E-state index is 12.4. The van der Waals surface area contributed by atoms with Crippen LogP contribution in [0.5, 0.6) is 0 Å². The third-order valence-electron chi connectivity index (χ3n) is 5.47. The SMILES string of the molecule is O=C(CN1C[C@@H]2[C@@H](C1)OCC(=O)N2Cc1ccccc1)N1CCCC1. The van der Waals surface area contributed by atoms with Gasteiger partial charge in [0.15, 0.2) is 0 Å². The molecule has 25 heavy (non-hydrogen) atoms. The standard InChI is InChI=1S/C19H25N3O3/c23-18(21-8-4-5-9-21)13-20-11-16-17(12-20)25-14-19(24)22(16)10-15-6-2-1-3-7-15/h1-3,6-7,16-17H,4-5,8-14H2/t16-,17-/m1/s1. The molecule has 3 saturated heterocycles. The van der Waals surface area contributed by atoms with Crippen LogP contribution in [0.2, 0.25) is 0 Å². The number of nitrogens with zero attached hydrogens (tertiary/aromatic N) is 3. The van der Waals surface area contributed by atoms with Gasteiger partial charge in [0.25, 0.3) is 0 Å². The molecule has 0 saturated carbocycles. The van der Waals surface area contributed by atoms with Gasteiger partial charge in [0, 0.05) is 32.7 Å². The fourth-order valence-corrected chi connectivity index (χ4v) is 4.11. The number of hydrogen-bond acceptors (Lipinski definition) is 4. The van der Waals surface area contributed by atoms with E-state index in [2.05, 4.69) is 4.90 Å². The van der Waals surface area contributed by atoms with E-state index in [1.807, 2.05) is 40.1 Å². The molecule has 3 aliphatic heterocycles. The Balaban J connectivity index is 1.41. The number of hydrogen-bond donors (Lipinski definition) is 0. The van der Waals surface area contributed by atoms with Gasteiger partial charge in [-0.2, -0.15) is 0 Å². The summed E-state index contributed by atoms with van der Waals surface area (Å²) in [6.07, 6.45) is 2.23. The zero-order chi connectivity index (χ0) is 17.2. The predicted octanol–water partition coefficient (Wildman–Crippen LogP) is 0.721. The fraction of sp³-hybridized carbons (Fsp3) is 0.579. The van der Waals surface area contributed by atoms with Crippen LogP contribution < -0.4 is 0 Å². The van der Waals surface area contributed by atoms with Gasteiger partial charge in [-0.05, 0) is 18.4 Å². The van der Waals surface area contributed by atoms with E-state index in [1.54, 1.807) is 0 Å². The highest BCUT2D eigenvalue weighted by Crippen LogP contribution is 2.25. The van der Waals surface area contributed by atoms with E-state index in [1.165, 1.54) is 0 Å². The zero-order valence-electron chi connectivity index (χ0n) is 14.5. The largest absolute Gasteiger partial charge is 0.365 e. The second kappa shape index (κ2) is 7.14. The summed E-state index contributed by atoms with van der Waals surface area (Å²) in [5, 5.41) is 0. The van der Waals surface area contributed by atoms with E-state index in [-0.39, 0.29) is 30.6 Å². The van der Waals surface area contributed by atoms with Gasteiger partial charge in [0.1, 0.15) is 6.61 Å². The first-order valence-corrected chi connectivity index (χ1v) is 9.16. The third kappa shape index (κ3) is 3.55. The highest BCUT2D eigenvalue weighted by molar-refractivity contribution is 5.79. The Labute approximate surface area is 148 Å². The lowest BCUT2D eigenvalue weighted by Gasteiger charge is -2.36. The van der Waals surface area contributed by atoms with Crippen molar-refractivity contribution < 1.29 is 14.3 Å². The molecule has 0 aromatic heterocycles. The number of benzene rings is 1. The molecule has 3 heterocycles. The Morgan fingerprint density at radius 2 is 1.88 bits per heavy atom. The molecule has 0 bridgehead atoms. The number of ether oxygens (including phenoxy) is 1. The van der Waals surface area contributed by atoms with Crippen molar-refractivity contribution in [2.75, 3.05) is 39.3 Å². The Kier molecular flexibility index (Phi) is 4.72. The van der Waals surface area contributed by atoms with Crippen LogP contribution in [0.25, 0.3) is 0 Å². The lowest BCUT2D eigenvalue weighted by molar-refractivity contribution is -0.153. The quantitative estimate of drug-likeness (QED) is 0.808. The average molecular weight is 343 g/mol. The van der Waals surface area contributed by atoms with E-state index >= 15 is 0 Å². The molecule has 0 N–H and O–H groups in total. The van der Waals surface area contributed by atoms with E-state index in [9.17, 15) is 9.59 Å². The normalized spacial score (nSPS) is 27.0. The first kappa shape index (κ1) is 16.5. The molecule has 2 atom stereocenters. The summed E-state index contributed by atoms with van der Waals surface area (Å²) in [5.74, 6) is 0.245. The molecule has 4 rings (SSSR count). The van der Waals surface area contributed by atoms with Crippen molar-refractivity contribution in [3.05, 3.63) is 35.9 Å². The highest BCUT2D eigenvalue weighted by atomic mass is 16.5. The van der Waals surface area contributed by atoms with Crippen molar-refractivity contribution in [1.29, 1.82) is 0 Å². The smallest absolute Gasteiger partial charge is 0.249 e. The van der Waals surface area contributed by atoms with E-state index in [0.717, 1.165) is 38.0 Å². The topological polar surface area (TPSA) is 53.1 Å². The van der Waals surface area contributed by atoms with E-state index < -0.39 is 0 Å². The molecule has 6 nitrogen and oxygen atoms in total. The average Bonchev–Trinajstić information content (AvgIpc) is 3.28. The van der Waals surface area contributed by atoms with Crippen LogP contribution in [0.1, 0.15) is 18.4 Å². The minimum absolute atomic E-state index is 0.00721. The molecule has 1 aromatic carbocycles. The molecule has 3 aliphatic rings. The Morgan fingerprint density at radius 3 is 2.64 bits per heavy atom. The van der Waals surface area contributed by atoms with Gasteiger partial charge in [-0.25, -0.2) is 0 Å². The van der Waals surface area contributed by atoms with Crippen LogP contribution in [-0.4, -0.2) is 78.0 Å². The zero-order valence-corrected chi connectivity index (χ0v) is 14.5. The minimum Gasteiger partial charge on any atom is -0.365 e. The highest BCUT2D eigenvalue weighted by Gasteiger charge is 2.43. The first-order chi connectivity index (χ1) is 12.2. The number of rotatable bonds is 4. The molecule has 0 aliphatic carbocycles. The second-order valence-corrected chi connectivity index (χ2v) is 7.21. The summed E-state index contributed by atoms with van der Waals surface area (Å²) in [5.41, 5.74) is 1.13. The van der Waals surface area contributed by atoms with Crippen LogP contribution in [-0.2, 0) is 20.9 Å². The second-order valence-electron chi connectivity index (χ2n) is 7.21. The van der Waals surface area contributed by atoms with Gasteiger partial charge in [-0.1, -0.05) is 30.3 Å². The van der Waals surface area contributed by atoms with Gasteiger partial charge in [-0.3, -0.25) is 14.5 Å². The summed E-state index contributed by atoms with van der Waals surface area (Å²) in [4.78, 5) is 30.8. The molecule has 3 fully saturated rings. The molecule has 6 heteroatoms. The van der Waals surface area contributed by atoms with Crippen molar-refractivity contribution in [2.45, 2.75) is 31.5 Å². The van der Waals surface area contributed by atoms with Crippen LogP contribution >= 0.6 is 0 Å². The molecular formula is C19H25N3O3. The van der Waals surface area contributed by atoms with Crippen molar-refractivity contribution in [1.82, 2.24) is 14.7 Å². The van der Waals surface area contributed by atoms with E-state index in [0.29, 0.717) is 19.6 Å². The number of amides is 2.